The molecule has 1 fully saturated rings. The van der Waals surface area contributed by atoms with E-state index in [1.807, 2.05) is 4.90 Å². The van der Waals surface area contributed by atoms with E-state index in [2.05, 4.69) is 16.8 Å². The summed E-state index contributed by atoms with van der Waals surface area (Å²) in [6, 6.07) is 5.68. The molecule has 2 unspecified atom stereocenters. The van der Waals surface area contributed by atoms with Crippen molar-refractivity contribution in [1.29, 1.82) is 0 Å². The quantitative estimate of drug-likeness (QED) is 0.941. The molecule has 2 aromatic rings. The van der Waals surface area contributed by atoms with Crippen molar-refractivity contribution in [3.8, 4) is 0 Å². The van der Waals surface area contributed by atoms with Crippen LogP contribution in [-0.2, 0) is 6.42 Å². The lowest BCUT2D eigenvalue weighted by molar-refractivity contribution is 0.372. The number of benzene rings is 1. The zero-order valence-corrected chi connectivity index (χ0v) is 12.5. The lowest BCUT2D eigenvalue weighted by atomic mass is 9.89. The van der Waals surface area contributed by atoms with E-state index in [0.717, 1.165) is 18.9 Å². The maximum atomic E-state index is 13.9. The van der Waals surface area contributed by atoms with Crippen LogP contribution >= 0.6 is 11.3 Å². The summed E-state index contributed by atoms with van der Waals surface area (Å²) < 4.78 is 27.3. The summed E-state index contributed by atoms with van der Waals surface area (Å²) in [4.78, 5) is 1.88. The molecular weight excluding hydrogens is 290 g/mol. The molecule has 1 saturated heterocycles. The van der Waals surface area contributed by atoms with Crippen LogP contribution in [0.2, 0.25) is 0 Å². The number of hydrogen-bond acceptors (Lipinski definition) is 3. The highest BCUT2D eigenvalue weighted by molar-refractivity contribution is 7.07. The third-order valence-electron chi connectivity index (χ3n) is 3.92. The lowest BCUT2D eigenvalue weighted by Gasteiger charge is -2.38. The number of nitrogens with zero attached hydrogens (tertiary/aromatic N) is 1. The Morgan fingerprint density at radius 3 is 2.86 bits per heavy atom. The fourth-order valence-electron chi connectivity index (χ4n) is 3.06. The standard InChI is InChI=1S/C16H18F2N2S/c17-13-1-2-15(18)16(7-13)20-8-12(6-14(19)9-20)5-11-3-4-21-10-11/h1-4,7,10,12,14H,5-6,8-9,19H2. The lowest BCUT2D eigenvalue weighted by Crippen LogP contribution is -2.48. The van der Waals surface area contributed by atoms with Gasteiger partial charge in [0.2, 0.25) is 0 Å². The van der Waals surface area contributed by atoms with Gasteiger partial charge in [-0.2, -0.15) is 11.3 Å². The largest absolute Gasteiger partial charge is 0.367 e. The van der Waals surface area contributed by atoms with Crippen LogP contribution in [0, 0.1) is 17.6 Å². The normalized spacial score (nSPS) is 22.5. The summed E-state index contributed by atoms with van der Waals surface area (Å²) in [7, 11) is 0. The predicted octanol–water partition coefficient (Wildman–Crippen LogP) is 3.42. The average Bonchev–Trinajstić information content (AvgIpc) is 2.93. The van der Waals surface area contributed by atoms with Gasteiger partial charge in [-0.05, 0) is 53.3 Å². The van der Waals surface area contributed by atoms with Crippen molar-refractivity contribution in [3.05, 3.63) is 52.2 Å². The third kappa shape index (κ3) is 3.41. The Morgan fingerprint density at radius 1 is 1.24 bits per heavy atom. The molecule has 1 aromatic heterocycles. The first-order valence-corrected chi connectivity index (χ1v) is 8.03. The van der Waals surface area contributed by atoms with E-state index < -0.39 is 5.82 Å². The highest BCUT2D eigenvalue weighted by Gasteiger charge is 2.27. The van der Waals surface area contributed by atoms with E-state index in [4.69, 9.17) is 5.73 Å². The summed E-state index contributed by atoms with van der Waals surface area (Å²) in [6.07, 6.45) is 1.86. The third-order valence-corrected chi connectivity index (χ3v) is 4.65. The van der Waals surface area contributed by atoms with Crippen molar-refractivity contribution in [2.45, 2.75) is 18.9 Å². The van der Waals surface area contributed by atoms with Crippen LogP contribution in [-0.4, -0.2) is 19.1 Å². The first-order valence-electron chi connectivity index (χ1n) is 7.08. The van der Waals surface area contributed by atoms with E-state index in [1.165, 1.54) is 17.7 Å². The molecular formula is C16H18F2N2S. The SMILES string of the molecule is NC1CC(Cc2ccsc2)CN(c2cc(F)ccc2F)C1. The number of piperidine rings is 1. The van der Waals surface area contributed by atoms with E-state index >= 15 is 0 Å². The summed E-state index contributed by atoms with van der Waals surface area (Å²) in [5, 5.41) is 4.19. The van der Waals surface area contributed by atoms with Gasteiger partial charge >= 0.3 is 0 Å². The summed E-state index contributed by atoms with van der Waals surface area (Å²) in [5.41, 5.74) is 7.73. The summed E-state index contributed by atoms with van der Waals surface area (Å²) >= 11 is 1.68. The van der Waals surface area contributed by atoms with Crippen LogP contribution in [0.1, 0.15) is 12.0 Å². The number of halogens is 2. The fraction of sp³-hybridized carbons (Fsp3) is 0.375. The Morgan fingerprint density at radius 2 is 2.10 bits per heavy atom. The first-order chi connectivity index (χ1) is 10.1. The second-order valence-corrected chi connectivity index (χ2v) is 6.48. The molecule has 1 aromatic carbocycles. The van der Waals surface area contributed by atoms with Gasteiger partial charge in [-0.25, -0.2) is 8.78 Å². The van der Waals surface area contributed by atoms with Gasteiger partial charge in [0.05, 0.1) is 5.69 Å². The van der Waals surface area contributed by atoms with Crippen molar-refractivity contribution in [1.82, 2.24) is 0 Å². The van der Waals surface area contributed by atoms with E-state index in [1.54, 1.807) is 11.3 Å². The molecule has 1 aliphatic rings. The van der Waals surface area contributed by atoms with Gasteiger partial charge in [0.1, 0.15) is 11.6 Å². The van der Waals surface area contributed by atoms with Crippen molar-refractivity contribution >= 4 is 17.0 Å². The minimum Gasteiger partial charge on any atom is -0.367 e. The van der Waals surface area contributed by atoms with Crippen LogP contribution in [0.4, 0.5) is 14.5 Å². The minimum atomic E-state index is -0.417. The Hall–Kier alpha value is -1.46. The molecule has 3 rings (SSSR count). The van der Waals surface area contributed by atoms with Gasteiger partial charge in [-0.1, -0.05) is 0 Å². The van der Waals surface area contributed by atoms with Crippen LogP contribution in [0.5, 0.6) is 0 Å². The van der Waals surface area contributed by atoms with Crippen molar-refractivity contribution < 1.29 is 8.78 Å². The smallest absolute Gasteiger partial charge is 0.146 e. The molecule has 0 amide bonds. The number of thiophene rings is 1. The Kier molecular flexibility index (Phi) is 4.22. The molecule has 0 saturated carbocycles. The molecule has 5 heteroatoms. The Labute approximate surface area is 127 Å². The van der Waals surface area contributed by atoms with E-state index in [-0.39, 0.29) is 11.9 Å². The van der Waals surface area contributed by atoms with Crippen molar-refractivity contribution in [2.75, 3.05) is 18.0 Å². The molecule has 112 valence electrons. The van der Waals surface area contributed by atoms with Crippen LogP contribution in [0.3, 0.4) is 0 Å². The van der Waals surface area contributed by atoms with Crippen LogP contribution in [0.15, 0.2) is 35.0 Å². The van der Waals surface area contributed by atoms with Gasteiger partial charge < -0.3 is 10.6 Å². The number of rotatable bonds is 3. The molecule has 21 heavy (non-hydrogen) atoms. The summed E-state index contributed by atoms with van der Waals surface area (Å²) in [6.45, 7) is 1.28. The predicted molar refractivity (Wildman–Crippen MR) is 82.7 cm³/mol. The molecule has 0 aliphatic carbocycles. The van der Waals surface area contributed by atoms with Gasteiger partial charge in [-0.15, -0.1) is 0 Å². The van der Waals surface area contributed by atoms with Gasteiger partial charge in [0, 0.05) is 25.2 Å². The van der Waals surface area contributed by atoms with E-state index in [9.17, 15) is 8.78 Å². The fourth-order valence-corrected chi connectivity index (χ4v) is 3.74. The number of hydrogen-bond donors (Lipinski definition) is 1. The van der Waals surface area contributed by atoms with Crippen LogP contribution < -0.4 is 10.6 Å². The van der Waals surface area contributed by atoms with Crippen molar-refractivity contribution in [3.63, 3.8) is 0 Å². The second-order valence-electron chi connectivity index (χ2n) is 5.70. The van der Waals surface area contributed by atoms with E-state index in [0.29, 0.717) is 24.7 Å². The highest BCUT2D eigenvalue weighted by atomic mass is 32.1. The maximum absolute atomic E-state index is 13.9. The van der Waals surface area contributed by atoms with Crippen LogP contribution in [0.25, 0.3) is 0 Å². The number of nitrogens with two attached hydrogens (primary N) is 1. The zero-order valence-electron chi connectivity index (χ0n) is 11.6. The average molecular weight is 308 g/mol. The molecule has 2 nitrogen and oxygen atoms in total. The topological polar surface area (TPSA) is 29.3 Å². The first kappa shape index (κ1) is 14.5. The molecule has 2 heterocycles. The monoisotopic (exact) mass is 308 g/mol. The van der Waals surface area contributed by atoms with Gasteiger partial charge in [0.25, 0.3) is 0 Å². The highest BCUT2D eigenvalue weighted by Crippen LogP contribution is 2.28. The second kappa shape index (κ2) is 6.12. The molecule has 2 atom stereocenters. The molecule has 0 bridgehead atoms. The Bertz CT molecular complexity index is 600. The zero-order chi connectivity index (χ0) is 14.8. The molecule has 0 spiro atoms. The van der Waals surface area contributed by atoms with Gasteiger partial charge in [-0.3, -0.25) is 0 Å². The molecule has 1 aliphatic heterocycles. The summed E-state index contributed by atoms with van der Waals surface area (Å²) in [5.74, 6) is -0.439. The van der Waals surface area contributed by atoms with Gasteiger partial charge in [0.15, 0.2) is 0 Å². The molecule has 2 N–H and O–H groups in total. The van der Waals surface area contributed by atoms with Crippen molar-refractivity contribution in [2.24, 2.45) is 11.7 Å². The molecule has 0 radical (unpaired) electrons. The Balaban J connectivity index is 1.77. The minimum absolute atomic E-state index is 0.00921. The maximum Gasteiger partial charge on any atom is 0.146 e. The number of anilines is 1.